The quantitative estimate of drug-likeness (QED) is 0.186. The molecule has 0 spiro atoms. The highest BCUT2D eigenvalue weighted by molar-refractivity contribution is 7.25. The second kappa shape index (κ2) is 9.68. The lowest BCUT2D eigenvalue weighted by Crippen LogP contribution is -2.11. The van der Waals surface area contributed by atoms with Crippen LogP contribution in [0.3, 0.4) is 0 Å². The number of fused-ring (bicyclic) bond motifs is 11. The Hall–Kier alpha value is -5.64. The lowest BCUT2D eigenvalue weighted by molar-refractivity contribution is 0.672. The lowest BCUT2D eigenvalue weighted by atomic mass is 9.97. The van der Waals surface area contributed by atoms with E-state index in [0.29, 0.717) is 0 Å². The van der Waals surface area contributed by atoms with Crippen molar-refractivity contribution in [2.75, 3.05) is 4.90 Å². The van der Waals surface area contributed by atoms with E-state index in [9.17, 15) is 0 Å². The van der Waals surface area contributed by atoms with Crippen molar-refractivity contribution in [2.24, 2.45) is 0 Å². The number of thiophene rings is 1. The van der Waals surface area contributed by atoms with Crippen LogP contribution in [0.2, 0.25) is 0 Å². The van der Waals surface area contributed by atoms with Crippen molar-refractivity contribution in [1.29, 1.82) is 0 Å². The van der Waals surface area contributed by atoms with Gasteiger partial charge in [-0.1, -0.05) is 103 Å². The number of aryl methyl sites for hydroxylation is 1. The minimum Gasteiger partial charge on any atom is -0.455 e. The van der Waals surface area contributed by atoms with E-state index in [4.69, 9.17) is 4.42 Å². The number of benzene rings is 8. The van der Waals surface area contributed by atoms with Gasteiger partial charge in [-0.2, -0.15) is 0 Å². The van der Waals surface area contributed by atoms with Crippen molar-refractivity contribution >= 4 is 103 Å². The first-order chi connectivity index (χ1) is 22.7. The zero-order valence-corrected chi connectivity index (χ0v) is 25.9. The molecule has 0 N–H and O–H groups in total. The van der Waals surface area contributed by atoms with Gasteiger partial charge in [0.2, 0.25) is 0 Å². The molecule has 2 nitrogen and oxygen atoms in total. The van der Waals surface area contributed by atoms with Crippen molar-refractivity contribution in [1.82, 2.24) is 0 Å². The van der Waals surface area contributed by atoms with Gasteiger partial charge in [0.1, 0.15) is 11.2 Å². The van der Waals surface area contributed by atoms with Crippen molar-refractivity contribution in [2.45, 2.75) is 6.92 Å². The molecule has 0 aliphatic heterocycles. The number of nitrogens with zero attached hydrogens (tertiary/aromatic N) is 1. The van der Waals surface area contributed by atoms with E-state index in [2.05, 4.69) is 157 Å². The Morgan fingerprint density at radius 1 is 0.478 bits per heavy atom. The van der Waals surface area contributed by atoms with Crippen LogP contribution in [0.4, 0.5) is 17.1 Å². The van der Waals surface area contributed by atoms with Crippen LogP contribution < -0.4 is 4.90 Å². The third-order valence-corrected chi connectivity index (χ3v) is 10.7. The maximum atomic E-state index is 6.60. The number of hydrogen-bond acceptors (Lipinski definition) is 3. The zero-order valence-electron chi connectivity index (χ0n) is 25.1. The van der Waals surface area contributed by atoms with Crippen molar-refractivity contribution < 1.29 is 4.42 Å². The normalized spacial score (nSPS) is 12.0. The standard InChI is InChI=1S/C43H27NOS/c1-26-11-10-19-39-42(26)36-25-38(32-16-6-7-18-34(32)43(36)45-39)44(28-21-22-41-35(24-28)33-17-8-9-20-40(33)46-41)37-23-27-12-2-3-13-29(27)30-14-4-5-15-31(30)37/h2-25H,1H3. The third kappa shape index (κ3) is 3.64. The Kier molecular flexibility index (Phi) is 5.40. The number of furan rings is 1. The molecule has 0 saturated heterocycles. The molecule has 0 fully saturated rings. The minimum absolute atomic E-state index is 0.922. The minimum atomic E-state index is 0.922. The van der Waals surface area contributed by atoms with Crippen molar-refractivity contribution in [3.63, 3.8) is 0 Å². The monoisotopic (exact) mass is 605 g/mol. The van der Waals surface area contributed by atoms with Gasteiger partial charge in [0, 0.05) is 52.8 Å². The molecule has 2 aromatic heterocycles. The summed E-state index contributed by atoms with van der Waals surface area (Å²) in [5.41, 5.74) is 6.49. The first-order valence-corrected chi connectivity index (χ1v) is 16.5. The average Bonchev–Trinajstić information content (AvgIpc) is 3.67. The van der Waals surface area contributed by atoms with Crippen LogP contribution in [0, 0.1) is 6.92 Å². The molecule has 2 heterocycles. The largest absolute Gasteiger partial charge is 0.455 e. The Morgan fingerprint density at radius 3 is 1.98 bits per heavy atom. The van der Waals surface area contributed by atoms with E-state index in [0.717, 1.165) is 44.4 Å². The van der Waals surface area contributed by atoms with Gasteiger partial charge in [0.25, 0.3) is 0 Å². The van der Waals surface area contributed by atoms with Crippen LogP contribution in [-0.4, -0.2) is 0 Å². The predicted molar refractivity (Wildman–Crippen MR) is 199 cm³/mol. The van der Waals surface area contributed by atoms with E-state index in [-0.39, 0.29) is 0 Å². The highest BCUT2D eigenvalue weighted by Crippen LogP contribution is 2.48. The SMILES string of the molecule is Cc1cccc2oc3c4ccccc4c(N(c4ccc5sc6ccccc6c5c4)c4cc5ccccc5c5ccccc45)cc3c12. The van der Waals surface area contributed by atoms with Gasteiger partial charge < -0.3 is 9.32 Å². The van der Waals surface area contributed by atoms with Crippen LogP contribution in [0.1, 0.15) is 5.56 Å². The molecule has 0 aliphatic rings. The molecule has 3 heteroatoms. The van der Waals surface area contributed by atoms with Gasteiger partial charge in [-0.15, -0.1) is 11.3 Å². The summed E-state index contributed by atoms with van der Waals surface area (Å²) in [5.74, 6) is 0. The van der Waals surface area contributed by atoms with E-state index >= 15 is 0 Å². The third-order valence-electron chi connectivity index (χ3n) is 9.54. The fourth-order valence-electron chi connectivity index (χ4n) is 7.47. The van der Waals surface area contributed by atoms with Crippen LogP contribution in [0.5, 0.6) is 0 Å². The van der Waals surface area contributed by atoms with Gasteiger partial charge in [-0.05, 0) is 71.1 Å². The van der Waals surface area contributed by atoms with E-state index in [1.54, 1.807) is 0 Å². The van der Waals surface area contributed by atoms with Crippen LogP contribution >= 0.6 is 11.3 Å². The number of rotatable bonds is 3. The molecule has 8 aromatic carbocycles. The summed E-state index contributed by atoms with van der Waals surface area (Å²) < 4.78 is 9.21. The van der Waals surface area contributed by atoms with Gasteiger partial charge in [-0.25, -0.2) is 0 Å². The molecular weight excluding hydrogens is 579 g/mol. The summed E-state index contributed by atoms with van der Waals surface area (Å²) in [7, 11) is 0. The summed E-state index contributed by atoms with van der Waals surface area (Å²) in [4.78, 5) is 2.49. The Bertz CT molecular complexity index is 2840. The van der Waals surface area contributed by atoms with Crippen LogP contribution in [0.25, 0.3) is 74.4 Å². The van der Waals surface area contributed by atoms with Gasteiger partial charge in [0.05, 0.1) is 11.4 Å². The summed E-state index contributed by atoms with van der Waals surface area (Å²) in [6, 6.07) is 53.0. The molecule has 10 rings (SSSR count). The molecule has 10 aromatic rings. The van der Waals surface area contributed by atoms with E-state index in [1.165, 1.54) is 52.7 Å². The fourth-order valence-corrected chi connectivity index (χ4v) is 8.56. The average molecular weight is 606 g/mol. The Balaban J connectivity index is 1.38. The van der Waals surface area contributed by atoms with Crippen LogP contribution in [0.15, 0.2) is 150 Å². The second-order valence-electron chi connectivity index (χ2n) is 12.1. The highest BCUT2D eigenvalue weighted by Gasteiger charge is 2.23. The van der Waals surface area contributed by atoms with Crippen molar-refractivity contribution in [3.05, 3.63) is 151 Å². The summed E-state index contributed by atoms with van der Waals surface area (Å²) in [6.07, 6.45) is 0. The Morgan fingerprint density at radius 2 is 1.13 bits per heavy atom. The number of hydrogen-bond donors (Lipinski definition) is 0. The molecule has 0 unspecified atom stereocenters. The molecular formula is C43H27NOS. The molecule has 0 aliphatic carbocycles. The first-order valence-electron chi connectivity index (χ1n) is 15.7. The lowest BCUT2D eigenvalue weighted by Gasteiger charge is -2.29. The summed E-state index contributed by atoms with van der Waals surface area (Å²) in [6.45, 7) is 2.18. The molecule has 0 radical (unpaired) electrons. The zero-order chi connectivity index (χ0) is 30.4. The summed E-state index contributed by atoms with van der Waals surface area (Å²) >= 11 is 1.86. The Labute approximate surface area is 269 Å². The molecule has 0 saturated carbocycles. The highest BCUT2D eigenvalue weighted by atomic mass is 32.1. The molecule has 0 atom stereocenters. The van der Waals surface area contributed by atoms with Gasteiger partial charge in [0.15, 0.2) is 0 Å². The van der Waals surface area contributed by atoms with E-state index < -0.39 is 0 Å². The summed E-state index contributed by atoms with van der Waals surface area (Å²) in [5, 5.41) is 12.1. The fraction of sp³-hybridized carbons (Fsp3) is 0.0233. The molecule has 0 amide bonds. The van der Waals surface area contributed by atoms with E-state index in [1.807, 2.05) is 11.3 Å². The maximum Gasteiger partial charge on any atom is 0.143 e. The van der Waals surface area contributed by atoms with Crippen molar-refractivity contribution in [3.8, 4) is 0 Å². The topological polar surface area (TPSA) is 16.4 Å². The first kappa shape index (κ1) is 25.7. The van der Waals surface area contributed by atoms with Crippen LogP contribution in [-0.2, 0) is 0 Å². The number of anilines is 3. The maximum absolute atomic E-state index is 6.60. The predicted octanol–water partition coefficient (Wildman–Crippen LogP) is 13.2. The molecule has 46 heavy (non-hydrogen) atoms. The smallest absolute Gasteiger partial charge is 0.143 e. The second-order valence-corrected chi connectivity index (χ2v) is 13.2. The van der Waals surface area contributed by atoms with Gasteiger partial charge in [-0.3, -0.25) is 0 Å². The molecule has 216 valence electrons. The molecule has 0 bridgehead atoms. The van der Waals surface area contributed by atoms with Gasteiger partial charge >= 0.3 is 0 Å².